The monoisotopic (exact) mass is 348 g/mol. The van der Waals surface area contributed by atoms with Crippen LogP contribution in [0.2, 0.25) is 0 Å². The smallest absolute Gasteiger partial charge is 0.341 e. The number of hydrogen-bond donors (Lipinski definition) is 2. The van der Waals surface area contributed by atoms with E-state index in [2.05, 4.69) is 5.32 Å². The van der Waals surface area contributed by atoms with Gasteiger partial charge in [-0.25, -0.2) is 4.79 Å². The van der Waals surface area contributed by atoms with Crippen LogP contribution in [0.1, 0.15) is 38.3 Å². The molecular formula is C16H16N2O5S. The lowest BCUT2D eigenvalue weighted by Gasteiger charge is -2.05. The Labute approximate surface area is 142 Å². The molecule has 7 nitrogen and oxygen atoms in total. The highest BCUT2D eigenvalue weighted by Crippen LogP contribution is 2.33. The number of nitrogens with two attached hydrogens (primary N) is 1. The molecule has 0 saturated carbocycles. The van der Waals surface area contributed by atoms with Gasteiger partial charge in [0.25, 0.3) is 5.91 Å². The lowest BCUT2D eigenvalue weighted by atomic mass is 10.1. The van der Waals surface area contributed by atoms with Crippen molar-refractivity contribution in [3.05, 3.63) is 46.2 Å². The van der Waals surface area contributed by atoms with E-state index in [1.54, 1.807) is 26.0 Å². The van der Waals surface area contributed by atoms with Gasteiger partial charge < -0.3 is 20.2 Å². The maximum atomic E-state index is 12.1. The minimum absolute atomic E-state index is 0.135. The summed E-state index contributed by atoms with van der Waals surface area (Å²) in [5, 5.41) is 2.79. The maximum Gasteiger partial charge on any atom is 0.341 e. The van der Waals surface area contributed by atoms with Crippen LogP contribution in [-0.4, -0.2) is 24.4 Å². The SMILES string of the molecule is CCOC(=O)c1c(NC(=O)/C=C/c2ccco2)sc(C(N)=O)c1C. The van der Waals surface area contributed by atoms with E-state index in [4.69, 9.17) is 14.9 Å². The highest BCUT2D eigenvalue weighted by molar-refractivity contribution is 7.18. The second-order valence-electron chi connectivity index (χ2n) is 4.68. The third-order valence-corrected chi connectivity index (χ3v) is 4.25. The Morgan fingerprint density at radius 1 is 1.42 bits per heavy atom. The zero-order chi connectivity index (χ0) is 17.7. The number of carbonyl (C=O) groups excluding carboxylic acids is 3. The number of carbonyl (C=O) groups is 3. The number of primary amides is 1. The van der Waals surface area contributed by atoms with Gasteiger partial charge in [-0.3, -0.25) is 9.59 Å². The van der Waals surface area contributed by atoms with Gasteiger partial charge >= 0.3 is 5.97 Å². The fourth-order valence-electron chi connectivity index (χ4n) is 1.98. The number of anilines is 1. The minimum atomic E-state index is -0.672. The molecule has 0 aromatic carbocycles. The molecule has 2 aromatic rings. The van der Waals surface area contributed by atoms with Gasteiger partial charge in [-0.2, -0.15) is 0 Å². The van der Waals surface area contributed by atoms with Crippen LogP contribution < -0.4 is 11.1 Å². The maximum absolute atomic E-state index is 12.1. The summed E-state index contributed by atoms with van der Waals surface area (Å²) in [6.45, 7) is 3.42. The molecule has 0 bridgehead atoms. The van der Waals surface area contributed by atoms with Crippen LogP contribution in [0.25, 0.3) is 6.08 Å². The summed E-state index contributed by atoms with van der Waals surface area (Å²) in [4.78, 5) is 35.8. The van der Waals surface area contributed by atoms with Gasteiger partial charge in [-0.05, 0) is 37.6 Å². The van der Waals surface area contributed by atoms with E-state index in [-0.39, 0.29) is 22.0 Å². The largest absolute Gasteiger partial charge is 0.465 e. The van der Waals surface area contributed by atoms with E-state index in [0.717, 1.165) is 11.3 Å². The first-order valence-electron chi connectivity index (χ1n) is 7.07. The third-order valence-electron chi connectivity index (χ3n) is 3.03. The summed E-state index contributed by atoms with van der Waals surface area (Å²) in [5.74, 6) is -1.26. The van der Waals surface area contributed by atoms with Crippen molar-refractivity contribution >= 4 is 40.2 Å². The van der Waals surface area contributed by atoms with E-state index < -0.39 is 17.8 Å². The van der Waals surface area contributed by atoms with Gasteiger partial charge in [-0.1, -0.05) is 0 Å². The van der Waals surface area contributed by atoms with E-state index in [9.17, 15) is 14.4 Å². The summed E-state index contributed by atoms with van der Waals surface area (Å²) < 4.78 is 10.1. The van der Waals surface area contributed by atoms with Crippen LogP contribution in [0.4, 0.5) is 5.00 Å². The molecule has 24 heavy (non-hydrogen) atoms. The summed E-state index contributed by atoms with van der Waals surface area (Å²) in [7, 11) is 0. The highest BCUT2D eigenvalue weighted by Gasteiger charge is 2.25. The summed E-state index contributed by atoms with van der Waals surface area (Å²) >= 11 is 0.935. The molecule has 8 heteroatoms. The molecule has 126 valence electrons. The molecule has 2 amide bonds. The number of ether oxygens (including phenoxy) is 1. The molecule has 0 aliphatic carbocycles. The molecule has 0 spiro atoms. The Morgan fingerprint density at radius 2 is 2.17 bits per heavy atom. The van der Waals surface area contributed by atoms with Gasteiger partial charge in [0.05, 0.1) is 23.3 Å². The normalized spacial score (nSPS) is 10.8. The number of rotatable bonds is 6. The van der Waals surface area contributed by atoms with Crippen molar-refractivity contribution in [3.8, 4) is 0 Å². The molecule has 2 heterocycles. The number of amides is 2. The van der Waals surface area contributed by atoms with Crippen molar-refractivity contribution in [2.24, 2.45) is 5.73 Å². The predicted octanol–water partition coefficient (Wildman–Crippen LogP) is 2.58. The molecule has 2 rings (SSSR count). The molecule has 0 saturated heterocycles. The van der Waals surface area contributed by atoms with Crippen LogP contribution in [0.3, 0.4) is 0 Å². The average molecular weight is 348 g/mol. The second-order valence-corrected chi connectivity index (χ2v) is 5.70. The Hall–Kier alpha value is -2.87. The topological polar surface area (TPSA) is 112 Å². The van der Waals surface area contributed by atoms with Crippen LogP contribution in [0.5, 0.6) is 0 Å². The highest BCUT2D eigenvalue weighted by atomic mass is 32.1. The van der Waals surface area contributed by atoms with Crippen molar-refractivity contribution in [2.75, 3.05) is 11.9 Å². The van der Waals surface area contributed by atoms with Crippen LogP contribution in [0, 0.1) is 6.92 Å². The molecular weight excluding hydrogens is 332 g/mol. The van der Waals surface area contributed by atoms with Crippen molar-refractivity contribution in [1.29, 1.82) is 0 Å². The van der Waals surface area contributed by atoms with Crippen LogP contribution in [0.15, 0.2) is 28.9 Å². The Morgan fingerprint density at radius 3 is 2.75 bits per heavy atom. The molecule has 2 aromatic heterocycles. The number of thiophene rings is 1. The van der Waals surface area contributed by atoms with Crippen molar-refractivity contribution in [1.82, 2.24) is 0 Å². The second kappa shape index (κ2) is 7.60. The van der Waals surface area contributed by atoms with E-state index in [1.807, 2.05) is 0 Å². The number of nitrogens with one attached hydrogen (secondary N) is 1. The predicted molar refractivity (Wildman–Crippen MR) is 89.9 cm³/mol. The average Bonchev–Trinajstić information content (AvgIpc) is 3.13. The van der Waals surface area contributed by atoms with Gasteiger partial charge in [0, 0.05) is 6.08 Å². The summed E-state index contributed by atoms with van der Waals surface area (Å²) in [6, 6.07) is 3.38. The molecule has 0 aliphatic heterocycles. The Balaban J connectivity index is 2.27. The Bertz CT molecular complexity index is 790. The van der Waals surface area contributed by atoms with E-state index >= 15 is 0 Å². The first kappa shape index (κ1) is 17.5. The number of furan rings is 1. The molecule has 0 fully saturated rings. The number of hydrogen-bond acceptors (Lipinski definition) is 6. The fraction of sp³-hybridized carbons (Fsp3) is 0.188. The van der Waals surface area contributed by atoms with E-state index in [1.165, 1.54) is 18.4 Å². The van der Waals surface area contributed by atoms with Gasteiger partial charge in [0.2, 0.25) is 5.91 Å². The summed E-state index contributed by atoms with van der Waals surface area (Å²) in [5.41, 5.74) is 5.82. The summed E-state index contributed by atoms with van der Waals surface area (Å²) in [6.07, 6.45) is 4.22. The van der Waals surface area contributed by atoms with Gasteiger partial charge in [0.1, 0.15) is 10.8 Å². The zero-order valence-electron chi connectivity index (χ0n) is 13.1. The number of esters is 1. The third kappa shape index (κ3) is 3.90. The first-order chi connectivity index (χ1) is 11.4. The lowest BCUT2D eigenvalue weighted by molar-refractivity contribution is -0.111. The molecule has 0 atom stereocenters. The quantitative estimate of drug-likeness (QED) is 0.615. The van der Waals surface area contributed by atoms with Crippen molar-refractivity contribution in [3.63, 3.8) is 0 Å². The van der Waals surface area contributed by atoms with E-state index in [0.29, 0.717) is 11.3 Å². The zero-order valence-corrected chi connectivity index (χ0v) is 13.9. The van der Waals surface area contributed by atoms with Gasteiger partial charge in [0.15, 0.2) is 0 Å². The first-order valence-corrected chi connectivity index (χ1v) is 7.88. The minimum Gasteiger partial charge on any atom is -0.465 e. The van der Waals surface area contributed by atoms with Gasteiger partial charge in [-0.15, -0.1) is 11.3 Å². The Kier molecular flexibility index (Phi) is 5.54. The standard InChI is InChI=1S/C16H16N2O5S/c1-3-22-16(21)12-9(2)13(14(17)20)24-15(12)18-11(19)7-6-10-5-4-8-23-10/h4-8H,3H2,1-2H3,(H2,17,20)(H,18,19)/b7-6+. The van der Waals surface area contributed by atoms with Crippen LogP contribution in [-0.2, 0) is 9.53 Å². The molecule has 0 radical (unpaired) electrons. The lowest BCUT2D eigenvalue weighted by Crippen LogP contribution is -2.13. The molecule has 0 unspecified atom stereocenters. The molecule has 3 N–H and O–H groups in total. The van der Waals surface area contributed by atoms with Crippen molar-refractivity contribution in [2.45, 2.75) is 13.8 Å². The van der Waals surface area contributed by atoms with Crippen LogP contribution >= 0.6 is 11.3 Å². The van der Waals surface area contributed by atoms with Crippen molar-refractivity contribution < 1.29 is 23.5 Å². The molecule has 0 aliphatic rings. The fourth-order valence-corrected chi connectivity index (χ4v) is 3.03.